The van der Waals surface area contributed by atoms with Gasteiger partial charge in [0, 0.05) is 12.1 Å². The molecule has 6 heteroatoms. The van der Waals surface area contributed by atoms with Gasteiger partial charge in [0.15, 0.2) is 17.4 Å². The Bertz CT molecular complexity index is 492. The van der Waals surface area contributed by atoms with Crippen LogP contribution in [0.3, 0.4) is 0 Å². The molecule has 1 rings (SSSR count). The maximum Gasteiger partial charge on any atom is 0.234 e. The Hall–Kier alpha value is -1.82. The summed E-state index contributed by atoms with van der Waals surface area (Å²) in [4.78, 5) is 24.8. The molecular weight excluding hydrogens is 266 g/mol. The molecule has 20 heavy (non-hydrogen) atoms. The fourth-order valence-corrected chi connectivity index (χ4v) is 1.63. The summed E-state index contributed by atoms with van der Waals surface area (Å²) < 4.78 is 25.8. The van der Waals surface area contributed by atoms with Crippen molar-refractivity contribution in [2.24, 2.45) is 0 Å². The molecule has 0 atom stereocenters. The number of rotatable bonds is 7. The van der Waals surface area contributed by atoms with E-state index in [9.17, 15) is 18.4 Å². The van der Waals surface area contributed by atoms with Gasteiger partial charge in [-0.05, 0) is 31.7 Å². The normalized spacial score (nSPS) is 10.7. The van der Waals surface area contributed by atoms with Crippen LogP contribution in [0.5, 0.6) is 0 Å². The van der Waals surface area contributed by atoms with Crippen LogP contribution in [0.2, 0.25) is 0 Å². The molecule has 0 saturated heterocycles. The predicted octanol–water partition coefficient (Wildman–Crippen LogP) is 1.61. The summed E-state index contributed by atoms with van der Waals surface area (Å²) >= 11 is 0. The molecule has 110 valence electrons. The number of ketones is 1. The SMILES string of the molecule is CCCNC(=O)CN(C)CC(=O)c1ccc(F)c(F)c1. The molecule has 1 aromatic carbocycles. The summed E-state index contributed by atoms with van der Waals surface area (Å²) in [5.41, 5.74) is 0.0877. The van der Waals surface area contributed by atoms with Crippen molar-refractivity contribution >= 4 is 11.7 Å². The summed E-state index contributed by atoms with van der Waals surface area (Å²) in [5, 5.41) is 2.69. The quantitative estimate of drug-likeness (QED) is 0.774. The minimum Gasteiger partial charge on any atom is -0.355 e. The number of carbonyl (C=O) groups is 2. The van der Waals surface area contributed by atoms with Gasteiger partial charge in [0.1, 0.15) is 0 Å². The van der Waals surface area contributed by atoms with Gasteiger partial charge in [-0.15, -0.1) is 0 Å². The predicted molar refractivity (Wildman–Crippen MR) is 71.5 cm³/mol. The smallest absolute Gasteiger partial charge is 0.234 e. The third-order valence-corrected chi connectivity index (χ3v) is 2.64. The highest BCUT2D eigenvalue weighted by Crippen LogP contribution is 2.09. The second-order valence-electron chi connectivity index (χ2n) is 4.57. The Morgan fingerprint density at radius 3 is 2.50 bits per heavy atom. The first kappa shape index (κ1) is 16.2. The second-order valence-corrected chi connectivity index (χ2v) is 4.57. The van der Waals surface area contributed by atoms with E-state index in [1.54, 1.807) is 7.05 Å². The molecule has 1 aromatic rings. The minimum absolute atomic E-state index is 0.0371. The number of hydrogen-bond donors (Lipinski definition) is 1. The van der Waals surface area contributed by atoms with Crippen molar-refractivity contribution in [3.8, 4) is 0 Å². The summed E-state index contributed by atoms with van der Waals surface area (Å²) in [6.07, 6.45) is 0.837. The number of Topliss-reactive ketones (excluding diaryl/α,β-unsaturated/α-hetero) is 1. The zero-order valence-electron chi connectivity index (χ0n) is 11.6. The van der Waals surface area contributed by atoms with E-state index in [0.717, 1.165) is 18.6 Å². The average Bonchev–Trinajstić information content (AvgIpc) is 2.39. The van der Waals surface area contributed by atoms with Crippen molar-refractivity contribution in [3.63, 3.8) is 0 Å². The topological polar surface area (TPSA) is 49.4 Å². The van der Waals surface area contributed by atoms with Crippen LogP contribution < -0.4 is 5.32 Å². The molecule has 0 heterocycles. The molecule has 0 saturated carbocycles. The van der Waals surface area contributed by atoms with Crippen LogP contribution in [-0.2, 0) is 4.79 Å². The molecule has 0 radical (unpaired) electrons. The van der Waals surface area contributed by atoms with Crippen molar-refractivity contribution in [3.05, 3.63) is 35.4 Å². The molecule has 0 unspecified atom stereocenters. The number of amides is 1. The molecule has 0 bridgehead atoms. The third kappa shape index (κ3) is 5.05. The van der Waals surface area contributed by atoms with Crippen molar-refractivity contribution in [2.45, 2.75) is 13.3 Å². The molecular formula is C14H18F2N2O2. The molecule has 1 N–H and O–H groups in total. The van der Waals surface area contributed by atoms with Crippen molar-refractivity contribution < 1.29 is 18.4 Å². The molecule has 0 aliphatic heterocycles. The Morgan fingerprint density at radius 1 is 1.20 bits per heavy atom. The number of benzene rings is 1. The fourth-order valence-electron chi connectivity index (χ4n) is 1.63. The van der Waals surface area contributed by atoms with Gasteiger partial charge < -0.3 is 5.32 Å². The highest BCUT2D eigenvalue weighted by Gasteiger charge is 2.14. The lowest BCUT2D eigenvalue weighted by Gasteiger charge is -2.15. The van der Waals surface area contributed by atoms with Crippen LogP contribution in [0.15, 0.2) is 18.2 Å². The Labute approximate surface area is 116 Å². The highest BCUT2D eigenvalue weighted by atomic mass is 19.2. The molecule has 0 fully saturated rings. The number of halogens is 2. The molecule has 0 spiro atoms. The summed E-state index contributed by atoms with van der Waals surface area (Å²) in [6.45, 7) is 2.57. The number of likely N-dealkylation sites (N-methyl/N-ethyl adjacent to an activating group) is 1. The average molecular weight is 284 g/mol. The zero-order chi connectivity index (χ0) is 15.1. The zero-order valence-corrected chi connectivity index (χ0v) is 11.6. The van der Waals surface area contributed by atoms with Crippen LogP contribution in [0, 0.1) is 11.6 Å². The monoisotopic (exact) mass is 284 g/mol. The van der Waals surface area contributed by atoms with Crippen LogP contribution in [0.25, 0.3) is 0 Å². The lowest BCUT2D eigenvalue weighted by Crippen LogP contribution is -2.37. The van der Waals surface area contributed by atoms with Crippen LogP contribution in [0.1, 0.15) is 23.7 Å². The van der Waals surface area contributed by atoms with Gasteiger partial charge in [-0.2, -0.15) is 0 Å². The molecule has 1 amide bonds. The standard InChI is InChI=1S/C14H18F2N2O2/c1-3-6-17-14(20)9-18(2)8-13(19)10-4-5-11(15)12(16)7-10/h4-5,7H,3,6,8-9H2,1-2H3,(H,17,20). The van der Waals surface area contributed by atoms with Gasteiger partial charge in [-0.25, -0.2) is 8.78 Å². The van der Waals surface area contributed by atoms with E-state index in [-0.39, 0.29) is 30.3 Å². The van der Waals surface area contributed by atoms with Gasteiger partial charge >= 0.3 is 0 Å². The van der Waals surface area contributed by atoms with E-state index in [2.05, 4.69) is 5.32 Å². The van der Waals surface area contributed by atoms with Crippen LogP contribution >= 0.6 is 0 Å². The first-order chi connectivity index (χ1) is 9.43. The third-order valence-electron chi connectivity index (χ3n) is 2.64. The fraction of sp³-hybridized carbons (Fsp3) is 0.429. The molecule has 4 nitrogen and oxygen atoms in total. The van der Waals surface area contributed by atoms with Crippen molar-refractivity contribution in [1.82, 2.24) is 10.2 Å². The maximum absolute atomic E-state index is 13.0. The van der Waals surface area contributed by atoms with Crippen molar-refractivity contribution in [1.29, 1.82) is 0 Å². The van der Waals surface area contributed by atoms with Crippen LogP contribution in [-0.4, -0.2) is 43.3 Å². The molecule has 0 aliphatic carbocycles. The lowest BCUT2D eigenvalue weighted by molar-refractivity contribution is -0.121. The molecule has 0 aromatic heterocycles. The van der Waals surface area contributed by atoms with E-state index >= 15 is 0 Å². The second kappa shape index (κ2) is 7.69. The van der Waals surface area contributed by atoms with E-state index in [1.807, 2.05) is 6.92 Å². The first-order valence-corrected chi connectivity index (χ1v) is 6.37. The van der Waals surface area contributed by atoms with Gasteiger partial charge in [0.2, 0.25) is 5.91 Å². The van der Waals surface area contributed by atoms with Crippen LogP contribution in [0.4, 0.5) is 8.78 Å². The van der Waals surface area contributed by atoms with Gasteiger partial charge in [-0.3, -0.25) is 14.5 Å². The number of nitrogens with zero attached hydrogens (tertiary/aromatic N) is 1. The van der Waals surface area contributed by atoms with Gasteiger partial charge in [0.05, 0.1) is 13.1 Å². The first-order valence-electron chi connectivity index (χ1n) is 6.37. The number of carbonyl (C=O) groups excluding carboxylic acids is 2. The number of nitrogens with one attached hydrogen (secondary N) is 1. The number of hydrogen-bond acceptors (Lipinski definition) is 3. The van der Waals surface area contributed by atoms with E-state index < -0.39 is 11.6 Å². The summed E-state index contributed by atoms with van der Waals surface area (Å²) in [5.74, 6) is -2.59. The van der Waals surface area contributed by atoms with Crippen molar-refractivity contribution in [2.75, 3.05) is 26.7 Å². The van der Waals surface area contributed by atoms with Gasteiger partial charge in [0.25, 0.3) is 0 Å². The Kier molecular flexibility index (Phi) is 6.24. The largest absolute Gasteiger partial charge is 0.355 e. The van der Waals surface area contributed by atoms with E-state index in [0.29, 0.717) is 6.54 Å². The summed E-state index contributed by atoms with van der Waals surface area (Å²) in [6, 6.07) is 3.00. The van der Waals surface area contributed by atoms with E-state index in [4.69, 9.17) is 0 Å². The van der Waals surface area contributed by atoms with E-state index in [1.165, 1.54) is 11.0 Å². The Morgan fingerprint density at radius 2 is 1.90 bits per heavy atom. The minimum atomic E-state index is -1.06. The lowest BCUT2D eigenvalue weighted by atomic mass is 10.1. The van der Waals surface area contributed by atoms with Gasteiger partial charge in [-0.1, -0.05) is 6.92 Å². The summed E-state index contributed by atoms with van der Waals surface area (Å²) in [7, 11) is 1.61. The highest BCUT2D eigenvalue weighted by molar-refractivity contribution is 5.97. The maximum atomic E-state index is 13.0. The Balaban J connectivity index is 2.52. The molecule has 0 aliphatic rings.